The van der Waals surface area contributed by atoms with Crippen LogP contribution in [0.5, 0.6) is 0 Å². The van der Waals surface area contributed by atoms with Crippen LogP contribution in [-0.4, -0.2) is 43.2 Å². The van der Waals surface area contributed by atoms with Crippen LogP contribution in [0.1, 0.15) is 0 Å². The van der Waals surface area contributed by atoms with Gasteiger partial charge in [-0.05, 0) is 12.1 Å². The van der Waals surface area contributed by atoms with Crippen molar-refractivity contribution in [1.29, 1.82) is 0 Å². The minimum atomic E-state index is -0.325. The summed E-state index contributed by atoms with van der Waals surface area (Å²) in [4.78, 5) is 26.6. The van der Waals surface area contributed by atoms with Crippen molar-refractivity contribution in [3.63, 3.8) is 0 Å². The highest BCUT2D eigenvalue weighted by Crippen LogP contribution is 2.34. The number of rotatable bonds is 1. The van der Waals surface area contributed by atoms with E-state index in [1.54, 1.807) is 11.8 Å². The van der Waals surface area contributed by atoms with Crippen molar-refractivity contribution in [3.05, 3.63) is 24.3 Å². The first-order chi connectivity index (χ1) is 9.25. The molecule has 100 valence electrons. The second-order valence-corrected chi connectivity index (χ2v) is 5.68. The molecule has 0 spiro atoms. The summed E-state index contributed by atoms with van der Waals surface area (Å²) < 4.78 is 0. The van der Waals surface area contributed by atoms with Gasteiger partial charge in [0, 0.05) is 23.7 Å². The summed E-state index contributed by atoms with van der Waals surface area (Å²) in [5, 5.41) is 5.71. The molecule has 2 aliphatic heterocycles. The third-order valence-corrected chi connectivity index (χ3v) is 4.35. The molecular formula is C13H15N3O2S. The van der Waals surface area contributed by atoms with Crippen molar-refractivity contribution in [3.8, 4) is 0 Å². The lowest BCUT2D eigenvalue weighted by molar-refractivity contribution is -0.125. The fourth-order valence-electron chi connectivity index (χ4n) is 2.33. The molecule has 2 aliphatic rings. The molecule has 1 saturated heterocycles. The number of para-hydroxylation sites is 1. The summed E-state index contributed by atoms with van der Waals surface area (Å²) in [6.07, 6.45) is 0. The smallest absolute Gasteiger partial charge is 0.246 e. The van der Waals surface area contributed by atoms with Crippen molar-refractivity contribution < 1.29 is 9.59 Å². The number of carbonyl (C=O) groups is 2. The SMILES string of the molecule is O=C1CNC(C(=O)N2CCSc3ccccc32)CN1. The zero-order valence-electron chi connectivity index (χ0n) is 10.4. The summed E-state index contributed by atoms with van der Waals surface area (Å²) in [6, 6.07) is 7.62. The number of thioether (sulfide) groups is 1. The van der Waals surface area contributed by atoms with Gasteiger partial charge in [-0.3, -0.25) is 14.9 Å². The van der Waals surface area contributed by atoms with Gasteiger partial charge in [-0.15, -0.1) is 11.8 Å². The number of carbonyl (C=O) groups excluding carboxylic acids is 2. The average Bonchev–Trinajstić information content (AvgIpc) is 2.47. The lowest BCUT2D eigenvalue weighted by atomic mass is 10.1. The van der Waals surface area contributed by atoms with E-state index in [1.807, 2.05) is 29.2 Å². The Labute approximate surface area is 115 Å². The zero-order chi connectivity index (χ0) is 13.2. The molecule has 5 nitrogen and oxygen atoms in total. The summed E-state index contributed by atoms with van der Waals surface area (Å²) in [5.74, 6) is 0.883. The van der Waals surface area contributed by atoms with Gasteiger partial charge in [0.15, 0.2) is 0 Å². The Kier molecular flexibility index (Phi) is 3.44. The average molecular weight is 277 g/mol. The molecule has 1 aromatic rings. The maximum Gasteiger partial charge on any atom is 0.246 e. The van der Waals surface area contributed by atoms with Crippen molar-refractivity contribution in [2.75, 3.05) is 30.3 Å². The highest BCUT2D eigenvalue weighted by atomic mass is 32.2. The summed E-state index contributed by atoms with van der Waals surface area (Å²) >= 11 is 1.77. The fraction of sp³-hybridized carbons (Fsp3) is 0.385. The zero-order valence-corrected chi connectivity index (χ0v) is 11.2. The van der Waals surface area contributed by atoms with E-state index in [2.05, 4.69) is 10.6 Å². The van der Waals surface area contributed by atoms with Crippen molar-refractivity contribution in [1.82, 2.24) is 10.6 Å². The molecule has 1 atom stereocenters. The van der Waals surface area contributed by atoms with Crippen LogP contribution in [0.2, 0.25) is 0 Å². The van der Waals surface area contributed by atoms with Crippen LogP contribution in [0.25, 0.3) is 0 Å². The Balaban J connectivity index is 1.79. The normalized spacial score (nSPS) is 22.6. The number of benzene rings is 1. The summed E-state index contributed by atoms with van der Waals surface area (Å²) in [7, 11) is 0. The van der Waals surface area contributed by atoms with E-state index in [0.717, 1.165) is 16.3 Å². The van der Waals surface area contributed by atoms with Gasteiger partial charge in [0.05, 0.1) is 12.2 Å². The number of nitrogens with zero attached hydrogens (tertiary/aromatic N) is 1. The first-order valence-corrected chi connectivity index (χ1v) is 7.27. The molecule has 0 aromatic heterocycles. The summed E-state index contributed by atoms with van der Waals surface area (Å²) in [6.45, 7) is 1.29. The maximum absolute atomic E-state index is 12.5. The van der Waals surface area contributed by atoms with E-state index in [9.17, 15) is 9.59 Å². The molecule has 0 radical (unpaired) electrons. The van der Waals surface area contributed by atoms with E-state index in [0.29, 0.717) is 13.1 Å². The van der Waals surface area contributed by atoms with E-state index >= 15 is 0 Å². The number of hydrogen-bond acceptors (Lipinski definition) is 4. The number of nitrogens with one attached hydrogen (secondary N) is 2. The summed E-state index contributed by atoms with van der Waals surface area (Å²) in [5.41, 5.74) is 0.974. The molecule has 2 amide bonds. The Morgan fingerprint density at radius 2 is 2.21 bits per heavy atom. The third-order valence-electron chi connectivity index (χ3n) is 3.31. The van der Waals surface area contributed by atoms with Crippen molar-refractivity contribution in [2.24, 2.45) is 0 Å². The number of anilines is 1. The van der Waals surface area contributed by atoms with Crippen LogP contribution in [-0.2, 0) is 9.59 Å². The number of amides is 2. The van der Waals surface area contributed by atoms with Crippen LogP contribution >= 0.6 is 11.8 Å². The number of piperazine rings is 1. The molecule has 1 unspecified atom stereocenters. The monoisotopic (exact) mass is 277 g/mol. The number of fused-ring (bicyclic) bond motifs is 1. The van der Waals surface area contributed by atoms with Crippen LogP contribution in [0, 0.1) is 0 Å². The quantitative estimate of drug-likeness (QED) is 0.770. The maximum atomic E-state index is 12.5. The second-order valence-electron chi connectivity index (χ2n) is 4.54. The van der Waals surface area contributed by atoms with E-state index in [-0.39, 0.29) is 24.4 Å². The Bertz CT molecular complexity index is 510. The first kappa shape index (κ1) is 12.5. The molecule has 2 heterocycles. The Morgan fingerprint density at radius 1 is 1.37 bits per heavy atom. The molecule has 3 rings (SSSR count). The molecular weight excluding hydrogens is 262 g/mol. The van der Waals surface area contributed by atoms with Gasteiger partial charge >= 0.3 is 0 Å². The van der Waals surface area contributed by atoms with Crippen LogP contribution in [0.3, 0.4) is 0 Å². The molecule has 0 aliphatic carbocycles. The van der Waals surface area contributed by atoms with E-state index in [1.165, 1.54) is 0 Å². The van der Waals surface area contributed by atoms with Crippen LogP contribution in [0.15, 0.2) is 29.2 Å². The standard InChI is InChI=1S/C13H15N3O2S/c17-12-8-14-9(7-15-12)13(18)16-5-6-19-11-4-2-1-3-10(11)16/h1-4,9,14H,5-8H2,(H,15,17). The number of hydrogen-bond donors (Lipinski definition) is 2. The minimum Gasteiger partial charge on any atom is -0.353 e. The van der Waals surface area contributed by atoms with Gasteiger partial charge in [-0.25, -0.2) is 0 Å². The lowest BCUT2D eigenvalue weighted by Crippen LogP contribution is -2.59. The van der Waals surface area contributed by atoms with Gasteiger partial charge in [0.1, 0.15) is 6.04 Å². The van der Waals surface area contributed by atoms with Crippen molar-refractivity contribution >= 4 is 29.3 Å². The van der Waals surface area contributed by atoms with Crippen LogP contribution in [0.4, 0.5) is 5.69 Å². The largest absolute Gasteiger partial charge is 0.353 e. The van der Waals surface area contributed by atoms with E-state index < -0.39 is 0 Å². The minimum absolute atomic E-state index is 0.0350. The molecule has 2 N–H and O–H groups in total. The molecule has 1 aromatic carbocycles. The molecule has 19 heavy (non-hydrogen) atoms. The highest BCUT2D eigenvalue weighted by Gasteiger charge is 2.31. The van der Waals surface area contributed by atoms with Gasteiger partial charge in [-0.2, -0.15) is 0 Å². The van der Waals surface area contributed by atoms with Gasteiger partial charge in [0.25, 0.3) is 0 Å². The topological polar surface area (TPSA) is 61.4 Å². The molecule has 0 saturated carbocycles. The Hall–Kier alpha value is -1.53. The van der Waals surface area contributed by atoms with Gasteiger partial charge in [-0.1, -0.05) is 12.1 Å². The van der Waals surface area contributed by atoms with Gasteiger partial charge < -0.3 is 10.2 Å². The third kappa shape index (κ3) is 2.46. The Morgan fingerprint density at radius 3 is 3.00 bits per heavy atom. The first-order valence-electron chi connectivity index (χ1n) is 6.29. The fourth-order valence-corrected chi connectivity index (χ4v) is 3.32. The van der Waals surface area contributed by atoms with Gasteiger partial charge in [0.2, 0.25) is 11.8 Å². The predicted octanol–water partition coefficient (Wildman–Crippen LogP) is 0.213. The highest BCUT2D eigenvalue weighted by molar-refractivity contribution is 7.99. The lowest BCUT2D eigenvalue weighted by Gasteiger charge is -2.33. The van der Waals surface area contributed by atoms with E-state index in [4.69, 9.17) is 0 Å². The second kappa shape index (κ2) is 5.22. The molecule has 0 bridgehead atoms. The molecule has 1 fully saturated rings. The van der Waals surface area contributed by atoms with Crippen molar-refractivity contribution in [2.45, 2.75) is 10.9 Å². The predicted molar refractivity (Wildman–Crippen MR) is 74.3 cm³/mol. The molecule has 6 heteroatoms. The van der Waals surface area contributed by atoms with Crippen LogP contribution < -0.4 is 15.5 Å².